The van der Waals surface area contributed by atoms with E-state index in [1.165, 1.54) is 0 Å². The lowest BCUT2D eigenvalue weighted by atomic mass is 10.1. The second-order valence-corrected chi connectivity index (χ2v) is 6.52. The lowest BCUT2D eigenvalue weighted by Gasteiger charge is -2.13. The molecule has 1 aliphatic rings. The molecule has 2 amide bonds. The van der Waals surface area contributed by atoms with Crippen molar-refractivity contribution in [2.45, 2.75) is 6.42 Å². The number of nitrogens with zero attached hydrogens (tertiary/aromatic N) is 1. The smallest absolute Gasteiger partial charge is 0.263 e. The molecule has 1 heterocycles. The van der Waals surface area contributed by atoms with E-state index in [1.54, 1.807) is 0 Å². The molecule has 0 unspecified atom stereocenters. The van der Waals surface area contributed by atoms with E-state index < -0.39 is 11.8 Å². The summed E-state index contributed by atoms with van der Waals surface area (Å²) >= 11 is 24.1. The molecule has 0 aromatic heterocycles. The van der Waals surface area contributed by atoms with Crippen molar-refractivity contribution < 1.29 is 9.59 Å². The number of halogens is 4. The highest BCUT2D eigenvalue weighted by Crippen LogP contribution is 2.44. The van der Waals surface area contributed by atoms with Crippen molar-refractivity contribution in [3.8, 4) is 0 Å². The van der Waals surface area contributed by atoms with E-state index in [1.807, 2.05) is 30.3 Å². The van der Waals surface area contributed by atoms with Crippen molar-refractivity contribution in [3.63, 3.8) is 0 Å². The minimum absolute atomic E-state index is 0.0177. The Morgan fingerprint density at radius 1 is 0.739 bits per heavy atom. The SMILES string of the molecule is O=C1c2c(Cl)c(Cl)c(Cl)c(Cl)c2C(=O)N1CCc1ccccc1. The molecular formula is C16H9Cl4NO2. The second-order valence-electron chi connectivity index (χ2n) is 5.00. The predicted octanol–water partition coefficient (Wildman–Crippen LogP) is 5.14. The molecule has 3 nitrogen and oxygen atoms in total. The highest BCUT2D eigenvalue weighted by molar-refractivity contribution is 6.55. The number of hydrogen-bond acceptors (Lipinski definition) is 2. The number of amides is 2. The van der Waals surface area contributed by atoms with Crippen LogP contribution in [0.1, 0.15) is 26.3 Å². The summed E-state index contributed by atoms with van der Waals surface area (Å²) in [5, 5.41) is -0.139. The molecule has 118 valence electrons. The van der Waals surface area contributed by atoms with Crippen LogP contribution in [0.25, 0.3) is 0 Å². The van der Waals surface area contributed by atoms with Gasteiger partial charge in [0.2, 0.25) is 0 Å². The first kappa shape index (κ1) is 16.6. The van der Waals surface area contributed by atoms with Crippen LogP contribution in [0.4, 0.5) is 0 Å². The Kier molecular flexibility index (Phi) is 4.56. The van der Waals surface area contributed by atoms with Crippen molar-refractivity contribution in [2.75, 3.05) is 6.54 Å². The number of rotatable bonds is 3. The maximum Gasteiger partial charge on any atom is 0.263 e. The average molecular weight is 389 g/mol. The molecule has 0 radical (unpaired) electrons. The fraction of sp³-hybridized carbons (Fsp3) is 0.125. The van der Waals surface area contributed by atoms with Gasteiger partial charge in [-0.15, -0.1) is 0 Å². The summed E-state index contributed by atoms with van der Waals surface area (Å²) in [6, 6.07) is 9.53. The van der Waals surface area contributed by atoms with E-state index in [0.29, 0.717) is 6.42 Å². The van der Waals surface area contributed by atoms with Gasteiger partial charge in [0.25, 0.3) is 11.8 Å². The summed E-state index contributed by atoms with van der Waals surface area (Å²) in [7, 11) is 0. The van der Waals surface area contributed by atoms with Gasteiger partial charge in [0.05, 0.1) is 31.2 Å². The maximum absolute atomic E-state index is 12.5. The van der Waals surface area contributed by atoms with E-state index >= 15 is 0 Å². The van der Waals surface area contributed by atoms with Crippen LogP contribution in [0.15, 0.2) is 30.3 Å². The summed E-state index contributed by atoms with van der Waals surface area (Å²) in [6.07, 6.45) is 0.531. The second kappa shape index (κ2) is 6.33. The van der Waals surface area contributed by atoms with Crippen LogP contribution < -0.4 is 0 Å². The first-order chi connectivity index (χ1) is 10.9. The van der Waals surface area contributed by atoms with Gasteiger partial charge in [-0.2, -0.15) is 0 Å². The van der Waals surface area contributed by atoms with Gasteiger partial charge in [-0.1, -0.05) is 76.7 Å². The van der Waals surface area contributed by atoms with Gasteiger partial charge in [-0.05, 0) is 12.0 Å². The molecule has 0 spiro atoms. The van der Waals surface area contributed by atoms with E-state index in [2.05, 4.69) is 0 Å². The highest BCUT2D eigenvalue weighted by atomic mass is 35.5. The molecule has 7 heteroatoms. The minimum Gasteiger partial charge on any atom is -0.274 e. The fourth-order valence-electron chi connectivity index (χ4n) is 2.48. The number of hydrogen-bond donors (Lipinski definition) is 0. The normalized spacial score (nSPS) is 13.7. The van der Waals surface area contributed by atoms with Crippen LogP contribution >= 0.6 is 46.4 Å². The molecule has 1 aliphatic heterocycles. The predicted molar refractivity (Wildman–Crippen MR) is 92.0 cm³/mol. The zero-order chi connectivity index (χ0) is 16.7. The molecule has 0 fully saturated rings. The number of imide groups is 1. The van der Waals surface area contributed by atoms with Crippen LogP contribution in [-0.4, -0.2) is 23.3 Å². The van der Waals surface area contributed by atoms with Crippen LogP contribution in [0.3, 0.4) is 0 Å². The summed E-state index contributed by atoms with van der Waals surface area (Å²) in [5.41, 5.74) is 1.05. The van der Waals surface area contributed by atoms with E-state index in [0.717, 1.165) is 10.5 Å². The summed E-state index contributed by atoms with van der Waals surface area (Å²) in [4.78, 5) is 26.2. The molecule has 0 saturated carbocycles. The molecule has 2 aromatic carbocycles. The quantitative estimate of drug-likeness (QED) is 0.414. The Balaban J connectivity index is 1.95. The van der Waals surface area contributed by atoms with Crippen molar-refractivity contribution >= 4 is 58.2 Å². The standard InChI is InChI=1S/C16H9Cl4NO2/c17-11-9-10(12(18)14(20)13(11)19)16(23)21(15(9)22)7-6-8-4-2-1-3-5-8/h1-5H,6-7H2. The van der Waals surface area contributed by atoms with Gasteiger partial charge in [-0.3, -0.25) is 14.5 Å². The van der Waals surface area contributed by atoms with Crippen LogP contribution in [0.5, 0.6) is 0 Å². The third kappa shape index (κ3) is 2.72. The highest BCUT2D eigenvalue weighted by Gasteiger charge is 2.41. The van der Waals surface area contributed by atoms with Gasteiger partial charge in [-0.25, -0.2) is 0 Å². The minimum atomic E-state index is -0.508. The topological polar surface area (TPSA) is 37.4 Å². The lowest BCUT2D eigenvalue weighted by Crippen LogP contribution is -2.31. The Hall–Kier alpha value is -1.26. The van der Waals surface area contributed by atoms with Crippen molar-refractivity contribution in [3.05, 3.63) is 67.1 Å². The molecule has 0 aliphatic carbocycles. The van der Waals surface area contributed by atoms with Gasteiger partial charge in [0, 0.05) is 6.54 Å². The summed E-state index contributed by atoms with van der Waals surface area (Å²) in [5.74, 6) is -1.02. The van der Waals surface area contributed by atoms with Crippen LogP contribution in [-0.2, 0) is 6.42 Å². The molecule has 0 atom stereocenters. The van der Waals surface area contributed by atoms with Gasteiger partial charge in [0.1, 0.15) is 0 Å². The first-order valence-corrected chi connectivity index (χ1v) is 8.20. The van der Waals surface area contributed by atoms with Crippen molar-refractivity contribution in [2.24, 2.45) is 0 Å². The molecule has 2 aromatic rings. The Morgan fingerprint density at radius 2 is 1.22 bits per heavy atom. The number of carbonyl (C=O) groups is 2. The molecular weight excluding hydrogens is 380 g/mol. The number of benzene rings is 2. The van der Waals surface area contributed by atoms with Crippen LogP contribution in [0, 0.1) is 0 Å². The Bertz CT molecular complexity index is 774. The van der Waals surface area contributed by atoms with Gasteiger partial charge >= 0.3 is 0 Å². The first-order valence-electron chi connectivity index (χ1n) is 6.69. The van der Waals surface area contributed by atoms with E-state index in [9.17, 15) is 9.59 Å². The molecule has 23 heavy (non-hydrogen) atoms. The van der Waals surface area contributed by atoms with Gasteiger partial charge in [0.15, 0.2) is 0 Å². The van der Waals surface area contributed by atoms with Crippen molar-refractivity contribution in [1.29, 1.82) is 0 Å². The number of carbonyl (C=O) groups excluding carboxylic acids is 2. The van der Waals surface area contributed by atoms with E-state index in [4.69, 9.17) is 46.4 Å². The summed E-state index contributed by atoms with van der Waals surface area (Å²) < 4.78 is 0. The van der Waals surface area contributed by atoms with Crippen molar-refractivity contribution in [1.82, 2.24) is 4.90 Å². The third-order valence-corrected chi connectivity index (χ3v) is 5.45. The molecule has 3 rings (SSSR count). The van der Waals surface area contributed by atoms with E-state index in [-0.39, 0.29) is 37.8 Å². The average Bonchev–Trinajstić information content (AvgIpc) is 2.81. The molecule has 0 bridgehead atoms. The maximum atomic E-state index is 12.5. The van der Waals surface area contributed by atoms with Gasteiger partial charge < -0.3 is 0 Å². The molecule has 0 saturated heterocycles. The Labute approximate surface area is 152 Å². The zero-order valence-corrected chi connectivity index (χ0v) is 14.6. The third-order valence-electron chi connectivity index (χ3n) is 3.65. The monoisotopic (exact) mass is 387 g/mol. The molecule has 0 N–H and O–H groups in total. The lowest BCUT2D eigenvalue weighted by molar-refractivity contribution is 0.0656. The Morgan fingerprint density at radius 3 is 1.70 bits per heavy atom. The largest absolute Gasteiger partial charge is 0.274 e. The zero-order valence-electron chi connectivity index (χ0n) is 11.6. The van der Waals surface area contributed by atoms with Crippen LogP contribution in [0.2, 0.25) is 20.1 Å². The number of fused-ring (bicyclic) bond motifs is 1. The fourth-order valence-corrected chi connectivity index (χ4v) is 3.50. The summed E-state index contributed by atoms with van der Waals surface area (Å²) in [6.45, 7) is 0.220.